The van der Waals surface area contributed by atoms with Crippen molar-refractivity contribution in [1.29, 1.82) is 0 Å². The molecular weight excluding hydrogens is 318 g/mol. The van der Waals surface area contributed by atoms with Gasteiger partial charge in [0.2, 0.25) is 5.88 Å². The summed E-state index contributed by atoms with van der Waals surface area (Å²) in [7, 11) is 1.56. The Morgan fingerprint density at radius 3 is 2.60 bits per heavy atom. The fourth-order valence-corrected chi connectivity index (χ4v) is 3.01. The molecule has 1 fully saturated rings. The highest BCUT2D eigenvalue weighted by molar-refractivity contribution is 5.94. The molecule has 3 heterocycles. The number of nitrogens with zero attached hydrogens (tertiary/aromatic N) is 3. The van der Waals surface area contributed by atoms with E-state index in [1.54, 1.807) is 37.8 Å². The zero-order valence-electron chi connectivity index (χ0n) is 14.4. The van der Waals surface area contributed by atoms with E-state index in [2.05, 4.69) is 9.97 Å². The Labute approximate surface area is 147 Å². The number of piperidine rings is 1. The summed E-state index contributed by atoms with van der Waals surface area (Å²) >= 11 is 0. The topological polar surface area (TPSA) is 64.5 Å². The van der Waals surface area contributed by atoms with Crippen LogP contribution in [0.5, 0.6) is 11.6 Å². The fraction of sp³-hybridized carbons (Fsp3) is 0.421. The number of hydrogen-bond donors (Lipinski definition) is 0. The van der Waals surface area contributed by atoms with E-state index >= 15 is 0 Å². The Morgan fingerprint density at radius 2 is 1.96 bits per heavy atom. The number of rotatable bonds is 6. The molecule has 3 rings (SSSR count). The summed E-state index contributed by atoms with van der Waals surface area (Å²) in [5.41, 5.74) is 0.611. The first-order valence-corrected chi connectivity index (χ1v) is 8.58. The normalized spacial score (nSPS) is 15.0. The van der Waals surface area contributed by atoms with Gasteiger partial charge in [0, 0.05) is 37.7 Å². The van der Waals surface area contributed by atoms with Gasteiger partial charge in [-0.1, -0.05) is 0 Å². The Balaban J connectivity index is 1.42. The van der Waals surface area contributed by atoms with Gasteiger partial charge >= 0.3 is 0 Å². The van der Waals surface area contributed by atoms with Gasteiger partial charge in [0.25, 0.3) is 5.91 Å². The molecule has 0 N–H and O–H groups in total. The second-order valence-corrected chi connectivity index (χ2v) is 6.14. The molecule has 1 aliphatic heterocycles. The molecule has 6 nitrogen and oxygen atoms in total. The lowest BCUT2D eigenvalue weighted by Crippen LogP contribution is -2.38. The van der Waals surface area contributed by atoms with Crippen molar-refractivity contribution in [3.8, 4) is 11.6 Å². The zero-order valence-corrected chi connectivity index (χ0v) is 14.4. The number of pyridine rings is 2. The fourth-order valence-electron chi connectivity index (χ4n) is 3.01. The van der Waals surface area contributed by atoms with Gasteiger partial charge in [0.1, 0.15) is 5.75 Å². The Morgan fingerprint density at radius 1 is 1.20 bits per heavy atom. The molecule has 2 aromatic heterocycles. The monoisotopic (exact) mass is 341 g/mol. The van der Waals surface area contributed by atoms with Gasteiger partial charge in [-0.15, -0.1) is 0 Å². The van der Waals surface area contributed by atoms with E-state index < -0.39 is 0 Å². The summed E-state index contributed by atoms with van der Waals surface area (Å²) in [6.07, 6.45) is 8.06. The molecule has 0 unspecified atom stereocenters. The van der Waals surface area contributed by atoms with Gasteiger partial charge in [0.05, 0.1) is 19.3 Å². The maximum absolute atomic E-state index is 12.5. The van der Waals surface area contributed by atoms with E-state index in [0.717, 1.165) is 38.1 Å². The lowest BCUT2D eigenvalue weighted by Gasteiger charge is -2.32. The van der Waals surface area contributed by atoms with Crippen LogP contribution < -0.4 is 9.47 Å². The number of likely N-dealkylation sites (tertiary alicyclic amines) is 1. The van der Waals surface area contributed by atoms with E-state index in [9.17, 15) is 4.79 Å². The molecule has 0 atom stereocenters. The summed E-state index contributed by atoms with van der Waals surface area (Å²) in [5.74, 6) is 2.01. The maximum atomic E-state index is 12.5. The van der Waals surface area contributed by atoms with E-state index in [1.807, 2.05) is 17.0 Å². The third kappa shape index (κ3) is 4.68. The zero-order chi connectivity index (χ0) is 17.5. The van der Waals surface area contributed by atoms with Crippen molar-refractivity contribution in [3.63, 3.8) is 0 Å². The lowest BCUT2D eigenvalue weighted by atomic mass is 9.93. The second kappa shape index (κ2) is 8.46. The number of methoxy groups -OCH3 is 1. The summed E-state index contributed by atoms with van der Waals surface area (Å²) in [5, 5.41) is 0. The lowest BCUT2D eigenvalue weighted by molar-refractivity contribution is 0.0679. The third-order valence-corrected chi connectivity index (χ3v) is 4.54. The molecule has 0 spiro atoms. The predicted molar refractivity (Wildman–Crippen MR) is 93.8 cm³/mol. The summed E-state index contributed by atoms with van der Waals surface area (Å²) in [6, 6.07) is 7.22. The summed E-state index contributed by atoms with van der Waals surface area (Å²) in [6.45, 7) is 2.26. The second-order valence-electron chi connectivity index (χ2n) is 6.14. The average Bonchev–Trinajstić information content (AvgIpc) is 2.69. The molecule has 2 aromatic rings. The Hall–Kier alpha value is -2.63. The first-order chi connectivity index (χ1) is 12.3. The van der Waals surface area contributed by atoms with Crippen LogP contribution in [0.15, 0.2) is 42.9 Å². The smallest absolute Gasteiger partial charge is 0.255 e. The van der Waals surface area contributed by atoms with Gasteiger partial charge in [-0.25, -0.2) is 4.98 Å². The van der Waals surface area contributed by atoms with Crippen molar-refractivity contribution in [2.45, 2.75) is 19.3 Å². The van der Waals surface area contributed by atoms with Crippen LogP contribution in [0.3, 0.4) is 0 Å². The Kier molecular flexibility index (Phi) is 5.82. The number of hydrogen-bond acceptors (Lipinski definition) is 5. The average molecular weight is 341 g/mol. The van der Waals surface area contributed by atoms with Crippen LogP contribution in [0.1, 0.15) is 29.6 Å². The molecule has 25 heavy (non-hydrogen) atoms. The largest absolute Gasteiger partial charge is 0.493 e. The van der Waals surface area contributed by atoms with Crippen LogP contribution in [0.2, 0.25) is 0 Å². The third-order valence-electron chi connectivity index (χ3n) is 4.54. The number of ether oxygens (including phenoxy) is 2. The standard InChI is InChI=1S/C19H23N3O3/c1-24-18-3-2-16(14-21-18)19(23)22-11-6-15(7-12-22)8-13-25-17-4-9-20-10-5-17/h2-5,9-10,14-15H,6-8,11-13H2,1H3. The molecule has 1 amide bonds. The van der Waals surface area contributed by atoms with Crippen LogP contribution in [0.25, 0.3) is 0 Å². The summed E-state index contributed by atoms with van der Waals surface area (Å²) in [4.78, 5) is 22.5. The number of aromatic nitrogens is 2. The van der Waals surface area contributed by atoms with Crippen molar-refractivity contribution in [2.24, 2.45) is 5.92 Å². The molecule has 0 bridgehead atoms. The molecule has 0 aliphatic carbocycles. The number of carbonyl (C=O) groups is 1. The minimum atomic E-state index is 0.0432. The highest BCUT2D eigenvalue weighted by atomic mass is 16.5. The molecule has 0 radical (unpaired) electrons. The number of amides is 1. The SMILES string of the molecule is COc1ccc(C(=O)N2CCC(CCOc3ccncc3)CC2)cn1. The molecule has 6 heteroatoms. The van der Waals surface area contributed by atoms with E-state index in [4.69, 9.17) is 9.47 Å². The Bertz CT molecular complexity index is 668. The van der Waals surface area contributed by atoms with Gasteiger partial charge in [-0.05, 0) is 43.4 Å². The number of carbonyl (C=O) groups excluding carboxylic acids is 1. The van der Waals surface area contributed by atoms with Crippen molar-refractivity contribution < 1.29 is 14.3 Å². The molecule has 0 aromatic carbocycles. The van der Waals surface area contributed by atoms with Crippen molar-refractivity contribution in [1.82, 2.24) is 14.9 Å². The molecule has 132 valence electrons. The highest BCUT2D eigenvalue weighted by Gasteiger charge is 2.23. The van der Waals surface area contributed by atoms with Crippen molar-refractivity contribution >= 4 is 5.91 Å². The first-order valence-electron chi connectivity index (χ1n) is 8.58. The molecule has 1 saturated heterocycles. The minimum absolute atomic E-state index is 0.0432. The van der Waals surface area contributed by atoms with Crippen LogP contribution in [-0.4, -0.2) is 47.6 Å². The van der Waals surface area contributed by atoms with Crippen molar-refractivity contribution in [2.75, 3.05) is 26.8 Å². The molecule has 0 saturated carbocycles. The minimum Gasteiger partial charge on any atom is -0.493 e. The van der Waals surface area contributed by atoms with Crippen LogP contribution in [-0.2, 0) is 0 Å². The highest BCUT2D eigenvalue weighted by Crippen LogP contribution is 2.22. The van der Waals surface area contributed by atoms with Crippen LogP contribution in [0.4, 0.5) is 0 Å². The first kappa shape index (κ1) is 17.2. The van der Waals surface area contributed by atoms with Crippen LogP contribution in [0, 0.1) is 5.92 Å². The predicted octanol–water partition coefficient (Wildman–Crippen LogP) is 2.81. The van der Waals surface area contributed by atoms with E-state index in [-0.39, 0.29) is 5.91 Å². The van der Waals surface area contributed by atoms with Gasteiger partial charge in [-0.3, -0.25) is 9.78 Å². The van der Waals surface area contributed by atoms with Gasteiger partial charge < -0.3 is 14.4 Å². The summed E-state index contributed by atoms with van der Waals surface area (Å²) < 4.78 is 10.8. The van der Waals surface area contributed by atoms with Crippen LogP contribution >= 0.6 is 0 Å². The van der Waals surface area contributed by atoms with E-state index in [1.165, 1.54) is 0 Å². The van der Waals surface area contributed by atoms with Gasteiger partial charge in [-0.2, -0.15) is 0 Å². The molecular formula is C19H23N3O3. The van der Waals surface area contributed by atoms with E-state index in [0.29, 0.717) is 24.0 Å². The van der Waals surface area contributed by atoms with Crippen molar-refractivity contribution in [3.05, 3.63) is 48.4 Å². The van der Waals surface area contributed by atoms with Gasteiger partial charge in [0.15, 0.2) is 0 Å². The maximum Gasteiger partial charge on any atom is 0.255 e. The quantitative estimate of drug-likeness (QED) is 0.808. The molecule has 1 aliphatic rings.